The molecule has 1 N–H and O–H groups in total. The number of amides is 1. The molecule has 1 heterocycles. The third-order valence-electron chi connectivity index (χ3n) is 4.01. The van der Waals surface area contributed by atoms with Crippen LogP contribution in [0.2, 0.25) is 5.02 Å². The summed E-state index contributed by atoms with van der Waals surface area (Å²) in [5.41, 5.74) is 0.231. The lowest BCUT2D eigenvalue weighted by molar-refractivity contribution is -0.119. The molecule has 0 aliphatic carbocycles. The van der Waals surface area contributed by atoms with Crippen molar-refractivity contribution in [2.75, 3.05) is 26.0 Å². The quantitative estimate of drug-likeness (QED) is 0.554. The number of carbonyl (C=O) groups excluding carboxylic acids is 2. The van der Waals surface area contributed by atoms with Crippen molar-refractivity contribution >= 4 is 60.6 Å². The first kappa shape index (κ1) is 22.2. The number of halogens is 2. The van der Waals surface area contributed by atoms with Gasteiger partial charge in [0, 0.05) is 29.9 Å². The fourth-order valence-electron chi connectivity index (χ4n) is 2.51. The van der Waals surface area contributed by atoms with Crippen LogP contribution in [0.1, 0.15) is 9.67 Å². The van der Waals surface area contributed by atoms with Crippen LogP contribution in [-0.2, 0) is 19.6 Å². The van der Waals surface area contributed by atoms with Crippen LogP contribution in [-0.4, -0.2) is 45.3 Å². The highest BCUT2D eigenvalue weighted by Crippen LogP contribution is 2.36. The second-order valence-electron chi connectivity index (χ2n) is 6.33. The SMILES string of the molecule is CN(C)S(=O)(=O)c1cccc(NC(=O)COC(=O)c2sc3cc(F)ccc3c2Cl)c1. The lowest BCUT2D eigenvalue weighted by Crippen LogP contribution is -2.23. The molecule has 0 spiro atoms. The van der Waals surface area contributed by atoms with E-state index in [9.17, 15) is 22.4 Å². The maximum atomic E-state index is 13.3. The summed E-state index contributed by atoms with van der Waals surface area (Å²) in [5.74, 6) is -1.94. The summed E-state index contributed by atoms with van der Waals surface area (Å²) in [5, 5.41) is 3.11. The van der Waals surface area contributed by atoms with E-state index in [0.29, 0.717) is 10.1 Å². The molecule has 30 heavy (non-hydrogen) atoms. The number of nitrogens with one attached hydrogen (secondary N) is 1. The van der Waals surface area contributed by atoms with E-state index in [0.717, 1.165) is 15.6 Å². The minimum absolute atomic E-state index is 0.00610. The van der Waals surface area contributed by atoms with Crippen LogP contribution in [0.15, 0.2) is 47.4 Å². The third kappa shape index (κ3) is 4.62. The van der Waals surface area contributed by atoms with Crippen molar-refractivity contribution in [3.63, 3.8) is 0 Å². The van der Waals surface area contributed by atoms with Crippen molar-refractivity contribution in [3.8, 4) is 0 Å². The number of hydrogen-bond acceptors (Lipinski definition) is 6. The number of esters is 1. The van der Waals surface area contributed by atoms with Gasteiger partial charge in [0.15, 0.2) is 6.61 Å². The molecule has 0 aliphatic rings. The first-order valence-corrected chi connectivity index (χ1v) is 11.1. The molecule has 158 valence electrons. The summed E-state index contributed by atoms with van der Waals surface area (Å²) >= 11 is 7.12. The molecule has 7 nitrogen and oxygen atoms in total. The Bertz CT molecular complexity index is 1240. The van der Waals surface area contributed by atoms with Crippen molar-refractivity contribution in [2.45, 2.75) is 4.90 Å². The number of sulfonamides is 1. The van der Waals surface area contributed by atoms with Gasteiger partial charge in [-0.15, -0.1) is 11.3 Å². The maximum absolute atomic E-state index is 13.3. The maximum Gasteiger partial charge on any atom is 0.350 e. The predicted molar refractivity (Wildman–Crippen MR) is 113 cm³/mol. The number of rotatable bonds is 6. The molecule has 2 aromatic carbocycles. The van der Waals surface area contributed by atoms with Gasteiger partial charge in [0.1, 0.15) is 10.7 Å². The van der Waals surface area contributed by atoms with E-state index in [1.807, 2.05) is 0 Å². The van der Waals surface area contributed by atoms with E-state index in [-0.39, 0.29) is 20.5 Å². The first-order valence-electron chi connectivity index (χ1n) is 8.46. The van der Waals surface area contributed by atoms with Gasteiger partial charge >= 0.3 is 5.97 Å². The highest BCUT2D eigenvalue weighted by molar-refractivity contribution is 7.89. The van der Waals surface area contributed by atoms with Crippen LogP contribution in [0, 0.1) is 5.82 Å². The van der Waals surface area contributed by atoms with Crippen LogP contribution in [0.3, 0.4) is 0 Å². The van der Waals surface area contributed by atoms with Crippen molar-refractivity contribution in [3.05, 3.63) is 58.2 Å². The summed E-state index contributed by atoms with van der Waals surface area (Å²) in [7, 11) is -0.868. The monoisotopic (exact) mass is 470 g/mol. The average Bonchev–Trinajstić information content (AvgIpc) is 3.02. The largest absolute Gasteiger partial charge is 0.451 e. The van der Waals surface area contributed by atoms with Crippen molar-refractivity contribution < 1.29 is 27.1 Å². The van der Waals surface area contributed by atoms with E-state index >= 15 is 0 Å². The summed E-state index contributed by atoms with van der Waals surface area (Å²) < 4.78 is 44.2. The minimum Gasteiger partial charge on any atom is -0.451 e. The fourth-order valence-corrected chi connectivity index (χ4v) is 4.88. The second kappa shape index (κ2) is 8.68. The summed E-state index contributed by atoms with van der Waals surface area (Å²) in [6, 6.07) is 9.63. The molecule has 3 aromatic rings. The average molecular weight is 471 g/mol. The number of hydrogen-bond donors (Lipinski definition) is 1. The highest BCUT2D eigenvalue weighted by Gasteiger charge is 2.21. The zero-order valence-corrected chi connectivity index (χ0v) is 18.2. The van der Waals surface area contributed by atoms with E-state index in [1.165, 1.54) is 56.6 Å². The summed E-state index contributed by atoms with van der Waals surface area (Å²) in [6.07, 6.45) is 0. The van der Waals surface area contributed by atoms with Gasteiger partial charge in [-0.05, 0) is 36.4 Å². The number of nitrogens with zero attached hydrogens (tertiary/aromatic N) is 1. The molecule has 0 saturated heterocycles. The molecule has 0 bridgehead atoms. The van der Waals surface area contributed by atoms with Crippen LogP contribution >= 0.6 is 22.9 Å². The first-order chi connectivity index (χ1) is 14.1. The van der Waals surface area contributed by atoms with Gasteiger partial charge in [0.05, 0.1) is 9.92 Å². The highest BCUT2D eigenvalue weighted by atomic mass is 35.5. The Balaban J connectivity index is 1.67. The summed E-state index contributed by atoms with van der Waals surface area (Å²) in [6.45, 7) is -0.609. The van der Waals surface area contributed by atoms with Gasteiger partial charge in [-0.25, -0.2) is 21.9 Å². The van der Waals surface area contributed by atoms with E-state index in [4.69, 9.17) is 16.3 Å². The van der Waals surface area contributed by atoms with Gasteiger partial charge in [-0.3, -0.25) is 4.79 Å². The number of fused-ring (bicyclic) bond motifs is 1. The Morgan fingerprint density at radius 1 is 1.20 bits per heavy atom. The molecule has 0 radical (unpaired) electrons. The zero-order valence-electron chi connectivity index (χ0n) is 15.8. The van der Waals surface area contributed by atoms with Crippen LogP contribution in [0.4, 0.5) is 10.1 Å². The second-order valence-corrected chi connectivity index (χ2v) is 9.91. The van der Waals surface area contributed by atoms with Gasteiger partial charge in [0.25, 0.3) is 5.91 Å². The molecular formula is C19H16ClFN2O5S2. The number of carbonyl (C=O) groups is 2. The molecule has 0 fully saturated rings. The van der Waals surface area contributed by atoms with E-state index < -0.39 is 34.3 Å². The Morgan fingerprint density at radius 3 is 2.63 bits per heavy atom. The van der Waals surface area contributed by atoms with Gasteiger partial charge < -0.3 is 10.1 Å². The number of thiophene rings is 1. The molecule has 1 amide bonds. The van der Waals surface area contributed by atoms with Crippen LogP contribution in [0.5, 0.6) is 0 Å². The normalized spacial score (nSPS) is 11.6. The van der Waals surface area contributed by atoms with Crippen molar-refractivity contribution in [1.29, 1.82) is 0 Å². The smallest absolute Gasteiger partial charge is 0.350 e. The number of benzene rings is 2. The van der Waals surface area contributed by atoms with E-state index in [1.54, 1.807) is 0 Å². The number of ether oxygens (including phenoxy) is 1. The predicted octanol–water partition coefficient (Wildman–Crippen LogP) is 3.74. The van der Waals surface area contributed by atoms with Crippen molar-refractivity contribution in [1.82, 2.24) is 4.31 Å². The molecule has 0 unspecified atom stereocenters. The Kier molecular flexibility index (Phi) is 6.41. The lowest BCUT2D eigenvalue weighted by atomic mass is 10.2. The van der Waals surface area contributed by atoms with E-state index in [2.05, 4.69) is 5.32 Å². The van der Waals surface area contributed by atoms with Gasteiger partial charge in [-0.2, -0.15) is 0 Å². The van der Waals surface area contributed by atoms with Crippen LogP contribution < -0.4 is 5.32 Å². The fraction of sp³-hybridized carbons (Fsp3) is 0.158. The molecule has 3 rings (SSSR count). The Morgan fingerprint density at radius 2 is 1.93 bits per heavy atom. The Labute approximate surface area is 181 Å². The van der Waals surface area contributed by atoms with Gasteiger partial charge in [-0.1, -0.05) is 17.7 Å². The zero-order chi connectivity index (χ0) is 22.1. The molecule has 11 heteroatoms. The lowest BCUT2D eigenvalue weighted by Gasteiger charge is -2.12. The Hall–Kier alpha value is -2.53. The minimum atomic E-state index is -3.66. The molecular weight excluding hydrogens is 455 g/mol. The van der Waals surface area contributed by atoms with Crippen molar-refractivity contribution in [2.24, 2.45) is 0 Å². The molecule has 0 atom stereocenters. The standard InChI is InChI=1S/C19H16ClFN2O5S2/c1-23(2)30(26,27)13-5-3-4-12(9-13)22-16(24)10-28-19(25)18-17(20)14-7-6-11(21)8-15(14)29-18/h3-9H,10H2,1-2H3,(H,22,24). The molecule has 0 aliphatic heterocycles. The number of anilines is 1. The van der Waals surface area contributed by atoms with Crippen LogP contribution in [0.25, 0.3) is 10.1 Å². The molecule has 1 aromatic heterocycles. The summed E-state index contributed by atoms with van der Waals surface area (Å²) in [4.78, 5) is 24.5. The van der Waals surface area contributed by atoms with Gasteiger partial charge in [0.2, 0.25) is 10.0 Å². The molecule has 0 saturated carbocycles. The topological polar surface area (TPSA) is 92.8 Å². The third-order valence-corrected chi connectivity index (χ3v) is 7.46.